The van der Waals surface area contributed by atoms with E-state index in [1.807, 2.05) is 17.5 Å². The molecule has 0 atom stereocenters. The number of nitrogens with one attached hydrogen (secondary N) is 1. The van der Waals surface area contributed by atoms with Gasteiger partial charge >= 0.3 is 0 Å². The van der Waals surface area contributed by atoms with Crippen molar-refractivity contribution in [3.8, 4) is 0 Å². The highest BCUT2D eigenvalue weighted by Crippen LogP contribution is 2.19. The molecule has 15 heavy (non-hydrogen) atoms. The van der Waals surface area contributed by atoms with Crippen molar-refractivity contribution >= 4 is 33.7 Å². The van der Waals surface area contributed by atoms with E-state index in [0.717, 1.165) is 11.3 Å². The molecular formula is C10H10N2OS2. The van der Waals surface area contributed by atoms with Crippen LogP contribution in [0.3, 0.4) is 0 Å². The minimum Gasteiger partial charge on any atom is -0.297 e. The normalized spacial score (nSPS) is 10.2. The van der Waals surface area contributed by atoms with Gasteiger partial charge < -0.3 is 0 Å². The van der Waals surface area contributed by atoms with Crippen LogP contribution < -0.4 is 5.32 Å². The number of anilines is 1. The number of carbonyl (C=O) groups is 1. The van der Waals surface area contributed by atoms with Crippen LogP contribution >= 0.6 is 22.7 Å². The third-order valence-electron chi connectivity index (χ3n) is 1.89. The third kappa shape index (κ3) is 2.43. The van der Waals surface area contributed by atoms with E-state index < -0.39 is 0 Å². The van der Waals surface area contributed by atoms with Gasteiger partial charge in [0.05, 0.1) is 4.88 Å². The molecule has 3 nitrogen and oxygen atoms in total. The van der Waals surface area contributed by atoms with Gasteiger partial charge in [0, 0.05) is 16.5 Å². The summed E-state index contributed by atoms with van der Waals surface area (Å²) in [6, 6.07) is 3.84. The van der Waals surface area contributed by atoms with Gasteiger partial charge in [-0.05, 0) is 18.6 Å². The summed E-state index contributed by atoms with van der Waals surface area (Å²) in [6.45, 7) is 2.08. The highest BCUT2D eigenvalue weighted by atomic mass is 32.1. The van der Waals surface area contributed by atoms with E-state index in [1.165, 1.54) is 27.6 Å². The first-order valence-electron chi connectivity index (χ1n) is 4.59. The molecule has 2 aromatic heterocycles. The van der Waals surface area contributed by atoms with Gasteiger partial charge in [-0.25, -0.2) is 4.98 Å². The molecule has 0 aliphatic carbocycles. The fourth-order valence-electron chi connectivity index (χ4n) is 1.13. The number of carbonyl (C=O) groups excluding carboxylic acids is 1. The molecule has 2 heterocycles. The number of nitrogens with zero attached hydrogens (tertiary/aromatic N) is 1. The van der Waals surface area contributed by atoms with E-state index in [9.17, 15) is 4.79 Å². The number of aromatic nitrogens is 1. The maximum absolute atomic E-state index is 11.7. The maximum atomic E-state index is 11.7. The van der Waals surface area contributed by atoms with Crippen LogP contribution in [-0.2, 0) is 6.42 Å². The number of hydrogen-bond donors (Lipinski definition) is 1. The Labute approximate surface area is 95.8 Å². The lowest BCUT2D eigenvalue weighted by molar-refractivity contribution is 0.103. The summed E-state index contributed by atoms with van der Waals surface area (Å²) in [5.74, 6) is -0.0744. The summed E-state index contributed by atoms with van der Waals surface area (Å²) in [7, 11) is 0. The van der Waals surface area contributed by atoms with Gasteiger partial charge in [-0.15, -0.1) is 22.7 Å². The van der Waals surface area contributed by atoms with E-state index in [4.69, 9.17) is 0 Å². The molecule has 0 fully saturated rings. The van der Waals surface area contributed by atoms with Crippen LogP contribution in [0.25, 0.3) is 0 Å². The van der Waals surface area contributed by atoms with Crippen molar-refractivity contribution in [2.75, 3.05) is 5.32 Å². The van der Waals surface area contributed by atoms with Crippen LogP contribution in [0.1, 0.15) is 21.5 Å². The second-order valence-corrected chi connectivity index (χ2v) is 4.97. The number of thiophene rings is 1. The molecule has 0 aliphatic heterocycles. The topological polar surface area (TPSA) is 42.0 Å². The monoisotopic (exact) mass is 238 g/mol. The fraction of sp³-hybridized carbons (Fsp3) is 0.200. The first-order chi connectivity index (χ1) is 7.29. The molecular weight excluding hydrogens is 228 g/mol. The van der Waals surface area contributed by atoms with Crippen molar-refractivity contribution < 1.29 is 4.79 Å². The number of aryl methyl sites for hydroxylation is 1. The lowest BCUT2D eigenvalue weighted by atomic mass is 10.3. The van der Waals surface area contributed by atoms with Crippen molar-refractivity contribution in [2.24, 2.45) is 0 Å². The van der Waals surface area contributed by atoms with E-state index >= 15 is 0 Å². The van der Waals surface area contributed by atoms with Crippen LogP contribution in [0, 0.1) is 0 Å². The number of hydrogen-bond acceptors (Lipinski definition) is 4. The molecule has 2 rings (SSSR count). The Hall–Kier alpha value is -1.20. The van der Waals surface area contributed by atoms with Gasteiger partial charge in [-0.2, -0.15) is 0 Å². The van der Waals surface area contributed by atoms with Gasteiger partial charge in [0.15, 0.2) is 5.13 Å². The molecule has 0 unspecified atom stereocenters. The largest absolute Gasteiger partial charge is 0.297 e. The Kier molecular flexibility index (Phi) is 3.13. The molecule has 0 saturated heterocycles. The van der Waals surface area contributed by atoms with E-state index in [2.05, 4.69) is 17.2 Å². The fourth-order valence-corrected chi connectivity index (χ4v) is 2.50. The summed E-state index contributed by atoms with van der Waals surface area (Å²) < 4.78 is 0. The average molecular weight is 238 g/mol. The van der Waals surface area contributed by atoms with Gasteiger partial charge in [0.1, 0.15) is 0 Å². The first kappa shape index (κ1) is 10.3. The molecule has 0 bridgehead atoms. The molecule has 0 aromatic carbocycles. The highest BCUT2D eigenvalue weighted by Gasteiger charge is 2.09. The molecule has 5 heteroatoms. The Morgan fingerprint density at radius 3 is 3.00 bits per heavy atom. The summed E-state index contributed by atoms with van der Waals surface area (Å²) in [5.41, 5.74) is 0. The zero-order chi connectivity index (χ0) is 10.7. The minimum absolute atomic E-state index is 0.0744. The van der Waals surface area contributed by atoms with E-state index in [1.54, 1.807) is 6.20 Å². The van der Waals surface area contributed by atoms with Gasteiger partial charge in [0.25, 0.3) is 5.91 Å². The molecule has 78 valence electrons. The van der Waals surface area contributed by atoms with Crippen molar-refractivity contribution in [1.29, 1.82) is 0 Å². The Bertz CT molecular complexity index is 448. The van der Waals surface area contributed by atoms with Crippen molar-refractivity contribution in [3.05, 3.63) is 33.5 Å². The molecule has 0 aliphatic rings. The number of rotatable bonds is 3. The zero-order valence-corrected chi connectivity index (χ0v) is 9.82. The summed E-state index contributed by atoms with van der Waals surface area (Å²) in [6.07, 6.45) is 2.64. The Morgan fingerprint density at radius 2 is 2.40 bits per heavy atom. The highest BCUT2D eigenvalue weighted by molar-refractivity contribution is 7.15. The molecule has 2 aromatic rings. The molecule has 0 spiro atoms. The predicted molar refractivity (Wildman–Crippen MR) is 63.8 cm³/mol. The average Bonchev–Trinajstić information content (AvgIpc) is 2.86. The standard InChI is InChI=1S/C10H10N2OS2/c1-2-7-3-4-8(15-7)9(13)12-10-11-5-6-14-10/h3-6H,2H2,1H3,(H,11,12,13). The number of amides is 1. The maximum Gasteiger partial charge on any atom is 0.267 e. The van der Waals surface area contributed by atoms with E-state index in [0.29, 0.717) is 5.13 Å². The summed E-state index contributed by atoms with van der Waals surface area (Å²) in [4.78, 5) is 17.7. The van der Waals surface area contributed by atoms with Gasteiger partial charge in [0.2, 0.25) is 0 Å². The van der Waals surface area contributed by atoms with E-state index in [-0.39, 0.29) is 5.91 Å². The lowest BCUT2D eigenvalue weighted by Crippen LogP contribution is -2.09. The summed E-state index contributed by atoms with van der Waals surface area (Å²) in [5, 5.41) is 5.23. The van der Waals surface area contributed by atoms with Crippen LogP contribution in [0.2, 0.25) is 0 Å². The SMILES string of the molecule is CCc1ccc(C(=O)Nc2nccs2)s1. The second-order valence-electron chi connectivity index (χ2n) is 2.91. The summed E-state index contributed by atoms with van der Waals surface area (Å²) >= 11 is 2.95. The number of thiazole rings is 1. The quantitative estimate of drug-likeness (QED) is 0.893. The molecule has 0 saturated carbocycles. The second kappa shape index (κ2) is 4.55. The Morgan fingerprint density at radius 1 is 1.53 bits per heavy atom. The molecule has 1 amide bonds. The van der Waals surface area contributed by atoms with Crippen LogP contribution in [0.15, 0.2) is 23.7 Å². The predicted octanol–water partition coefficient (Wildman–Crippen LogP) is 3.02. The minimum atomic E-state index is -0.0744. The third-order valence-corrected chi connectivity index (χ3v) is 3.80. The van der Waals surface area contributed by atoms with Gasteiger partial charge in [-0.1, -0.05) is 6.92 Å². The van der Waals surface area contributed by atoms with Crippen molar-refractivity contribution in [3.63, 3.8) is 0 Å². The zero-order valence-electron chi connectivity index (χ0n) is 8.19. The first-order valence-corrected chi connectivity index (χ1v) is 6.28. The Balaban J connectivity index is 2.08. The molecule has 0 radical (unpaired) electrons. The van der Waals surface area contributed by atoms with Gasteiger partial charge in [-0.3, -0.25) is 10.1 Å². The lowest BCUT2D eigenvalue weighted by Gasteiger charge is -1.97. The molecule has 1 N–H and O–H groups in total. The van der Waals surface area contributed by atoms with Crippen molar-refractivity contribution in [2.45, 2.75) is 13.3 Å². The van der Waals surface area contributed by atoms with Crippen LogP contribution in [-0.4, -0.2) is 10.9 Å². The van der Waals surface area contributed by atoms with Crippen LogP contribution in [0.4, 0.5) is 5.13 Å². The van der Waals surface area contributed by atoms with Crippen LogP contribution in [0.5, 0.6) is 0 Å². The smallest absolute Gasteiger partial charge is 0.267 e. The van der Waals surface area contributed by atoms with Crippen molar-refractivity contribution in [1.82, 2.24) is 4.98 Å².